The topological polar surface area (TPSA) is 137 Å². The van der Waals surface area contributed by atoms with Crippen LogP contribution in [-0.4, -0.2) is 15.8 Å². The van der Waals surface area contributed by atoms with Gasteiger partial charge >= 0.3 is 5.69 Å². The molecule has 174 valence electrons. The number of anilines is 1. The van der Waals surface area contributed by atoms with Crippen LogP contribution in [0.3, 0.4) is 0 Å². The van der Waals surface area contributed by atoms with Crippen molar-refractivity contribution in [3.8, 4) is 11.5 Å². The van der Waals surface area contributed by atoms with E-state index in [0.29, 0.717) is 17.2 Å². The Bertz CT molecular complexity index is 1340. The Kier molecular flexibility index (Phi) is 5.40. The molecule has 2 atom stereocenters. The van der Waals surface area contributed by atoms with Gasteiger partial charge in [-0.05, 0) is 54.5 Å². The number of rotatable bonds is 5. The molecular weight excluding hydrogens is 460 g/mol. The zero-order chi connectivity index (χ0) is 24.0. The SMILES string of the molecule is C[C@H]1CCc2c(sc3c2C(=O)N[C@@H](c2cccc(Oc4ccc([N+](=O)[O-])cc4[N+](=O)[O-])c2)N3)C1. The molecule has 0 bridgehead atoms. The largest absolute Gasteiger partial charge is 0.450 e. The summed E-state index contributed by atoms with van der Waals surface area (Å²) >= 11 is 1.63. The van der Waals surface area contributed by atoms with Crippen LogP contribution in [0.25, 0.3) is 0 Å². The minimum atomic E-state index is -0.726. The smallest absolute Gasteiger partial charge is 0.318 e. The van der Waals surface area contributed by atoms with Gasteiger partial charge in [-0.3, -0.25) is 25.0 Å². The molecule has 0 fully saturated rings. The van der Waals surface area contributed by atoms with Gasteiger partial charge in [0.1, 0.15) is 16.9 Å². The highest BCUT2D eigenvalue weighted by Crippen LogP contribution is 2.43. The van der Waals surface area contributed by atoms with Crippen LogP contribution in [-0.2, 0) is 12.8 Å². The Morgan fingerprint density at radius 1 is 1.09 bits per heavy atom. The van der Waals surface area contributed by atoms with Crippen LogP contribution >= 0.6 is 11.3 Å². The number of thiophene rings is 1. The molecule has 0 spiro atoms. The molecule has 2 aromatic carbocycles. The summed E-state index contributed by atoms with van der Waals surface area (Å²) in [7, 11) is 0. The van der Waals surface area contributed by atoms with Crippen LogP contribution in [0, 0.1) is 26.1 Å². The highest BCUT2D eigenvalue weighted by molar-refractivity contribution is 7.16. The average molecular weight is 481 g/mol. The van der Waals surface area contributed by atoms with Crippen molar-refractivity contribution >= 4 is 33.6 Å². The molecule has 2 N–H and O–H groups in total. The first kappa shape index (κ1) is 21.8. The molecule has 1 amide bonds. The molecule has 0 radical (unpaired) electrons. The van der Waals surface area contributed by atoms with Gasteiger partial charge in [0.15, 0.2) is 0 Å². The summed E-state index contributed by atoms with van der Waals surface area (Å²) in [6.07, 6.45) is 2.46. The van der Waals surface area contributed by atoms with Crippen molar-refractivity contribution in [2.45, 2.75) is 32.4 Å². The number of non-ortho nitro benzene ring substituents is 1. The number of hydrogen-bond donors (Lipinski definition) is 2. The summed E-state index contributed by atoms with van der Waals surface area (Å²) in [5, 5.41) is 29.6. The van der Waals surface area contributed by atoms with E-state index in [2.05, 4.69) is 17.6 Å². The first-order valence-electron chi connectivity index (χ1n) is 10.7. The fourth-order valence-electron chi connectivity index (χ4n) is 4.36. The maximum Gasteiger partial charge on any atom is 0.318 e. The Balaban J connectivity index is 1.41. The fraction of sp³-hybridized carbons (Fsp3) is 0.261. The van der Waals surface area contributed by atoms with Crippen LogP contribution in [0.1, 0.15) is 45.9 Å². The quantitative estimate of drug-likeness (QED) is 0.372. The van der Waals surface area contributed by atoms with Gasteiger partial charge in [-0.15, -0.1) is 11.3 Å². The summed E-state index contributed by atoms with van der Waals surface area (Å²) in [4.78, 5) is 35.2. The predicted octanol–water partition coefficient (Wildman–Crippen LogP) is 5.34. The Hall–Kier alpha value is -3.99. The van der Waals surface area contributed by atoms with Crippen molar-refractivity contribution in [1.29, 1.82) is 0 Å². The molecule has 0 saturated carbocycles. The number of fused-ring (bicyclic) bond motifs is 3. The second-order valence-electron chi connectivity index (χ2n) is 8.45. The van der Waals surface area contributed by atoms with Crippen molar-refractivity contribution in [2.75, 3.05) is 5.32 Å². The Morgan fingerprint density at radius 2 is 1.91 bits per heavy atom. The number of nitrogens with one attached hydrogen (secondary N) is 2. The third kappa shape index (κ3) is 3.94. The third-order valence-corrected chi connectivity index (χ3v) is 7.24. The highest BCUT2D eigenvalue weighted by atomic mass is 32.1. The van der Waals surface area contributed by atoms with Crippen molar-refractivity contribution in [3.05, 3.63) is 84.3 Å². The molecule has 1 aliphatic carbocycles. The number of hydrogen-bond acceptors (Lipinski definition) is 8. The molecule has 5 rings (SSSR count). The summed E-state index contributed by atoms with van der Waals surface area (Å²) in [6, 6.07) is 10.0. The standard InChI is InChI=1S/C23H20N4O6S/c1-12-5-7-16-19(9-12)34-23-20(16)22(28)24-21(25-23)13-3-2-4-15(10-13)33-18-8-6-14(26(29)30)11-17(18)27(31)32/h2-4,6,8,10-12,21,25H,5,7,9H2,1H3,(H,24,28)/t12-,21+/m0/s1. The van der Waals surface area contributed by atoms with E-state index in [1.807, 2.05) is 6.07 Å². The maximum atomic E-state index is 13.0. The Morgan fingerprint density at radius 3 is 2.68 bits per heavy atom. The van der Waals surface area contributed by atoms with E-state index >= 15 is 0 Å². The van der Waals surface area contributed by atoms with Crippen molar-refractivity contribution in [1.82, 2.24) is 5.32 Å². The first-order chi connectivity index (χ1) is 16.3. The average Bonchev–Trinajstić information content (AvgIpc) is 3.17. The summed E-state index contributed by atoms with van der Waals surface area (Å²) in [5.41, 5.74) is 1.68. The number of nitrogens with zero attached hydrogens (tertiary/aromatic N) is 2. The second-order valence-corrected chi connectivity index (χ2v) is 9.55. The monoisotopic (exact) mass is 480 g/mol. The van der Waals surface area contributed by atoms with E-state index < -0.39 is 27.4 Å². The highest BCUT2D eigenvalue weighted by Gasteiger charge is 2.33. The number of ether oxygens (including phenoxy) is 1. The number of amides is 1. The molecule has 1 aromatic heterocycles. The van der Waals surface area contributed by atoms with E-state index in [1.165, 1.54) is 10.9 Å². The zero-order valence-electron chi connectivity index (χ0n) is 18.1. The van der Waals surface area contributed by atoms with E-state index in [4.69, 9.17) is 4.74 Å². The fourth-order valence-corrected chi connectivity index (χ4v) is 5.80. The number of benzene rings is 2. The van der Waals surface area contributed by atoms with Gasteiger partial charge in [0, 0.05) is 10.9 Å². The first-order valence-corrected chi connectivity index (χ1v) is 11.5. The van der Waals surface area contributed by atoms with E-state index in [9.17, 15) is 25.0 Å². The van der Waals surface area contributed by atoms with Crippen LogP contribution < -0.4 is 15.4 Å². The lowest BCUT2D eigenvalue weighted by Crippen LogP contribution is -2.38. The van der Waals surface area contributed by atoms with Crippen LogP contribution in [0.4, 0.5) is 16.4 Å². The molecule has 1 aliphatic heterocycles. The molecule has 11 heteroatoms. The van der Waals surface area contributed by atoms with Gasteiger partial charge in [0.05, 0.1) is 21.5 Å². The van der Waals surface area contributed by atoms with Crippen molar-refractivity contribution in [3.63, 3.8) is 0 Å². The molecule has 3 aromatic rings. The van der Waals surface area contributed by atoms with E-state index in [-0.39, 0.29) is 11.7 Å². The number of carbonyl (C=O) groups is 1. The van der Waals surface area contributed by atoms with Crippen molar-refractivity contribution < 1.29 is 19.4 Å². The number of nitro groups is 2. The van der Waals surface area contributed by atoms with Crippen LogP contribution in [0.5, 0.6) is 11.5 Å². The van der Waals surface area contributed by atoms with E-state index in [1.54, 1.807) is 29.5 Å². The lowest BCUT2D eigenvalue weighted by atomic mass is 9.88. The summed E-state index contributed by atoms with van der Waals surface area (Å²) in [5.74, 6) is 0.665. The zero-order valence-corrected chi connectivity index (χ0v) is 18.9. The molecule has 0 saturated heterocycles. The molecular formula is C23H20N4O6S. The number of nitro benzene ring substituents is 2. The molecule has 34 heavy (non-hydrogen) atoms. The summed E-state index contributed by atoms with van der Waals surface area (Å²) < 4.78 is 5.71. The normalized spacial score (nSPS) is 18.8. The molecule has 10 nitrogen and oxygen atoms in total. The minimum absolute atomic E-state index is 0.115. The van der Waals surface area contributed by atoms with Crippen LogP contribution in [0.15, 0.2) is 42.5 Å². The van der Waals surface area contributed by atoms with Gasteiger partial charge in [0.2, 0.25) is 5.75 Å². The van der Waals surface area contributed by atoms with Crippen molar-refractivity contribution in [2.24, 2.45) is 5.92 Å². The van der Waals surface area contributed by atoms with Gasteiger partial charge in [-0.2, -0.15) is 0 Å². The van der Waals surface area contributed by atoms with Gasteiger partial charge in [0.25, 0.3) is 11.6 Å². The lowest BCUT2D eigenvalue weighted by Gasteiger charge is -2.27. The summed E-state index contributed by atoms with van der Waals surface area (Å²) in [6.45, 7) is 2.22. The maximum absolute atomic E-state index is 13.0. The Labute approximate surface area is 197 Å². The predicted molar refractivity (Wildman–Crippen MR) is 126 cm³/mol. The minimum Gasteiger partial charge on any atom is -0.450 e. The van der Waals surface area contributed by atoms with Gasteiger partial charge < -0.3 is 15.4 Å². The lowest BCUT2D eigenvalue weighted by molar-refractivity contribution is -0.394. The second kappa shape index (κ2) is 8.41. The van der Waals surface area contributed by atoms with E-state index in [0.717, 1.165) is 47.5 Å². The van der Waals surface area contributed by atoms with Crippen LogP contribution in [0.2, 0.25) is 0 Å². The molecule has 0 unspecified atom stereocenters. The third-order valence-electron chi connectivity index (χ3n) is 6.06. The number of carbonyl (C=O) groups excluding carboxylic acids is 1. The van der Waals surface area contributed by atoms with Gasteiger partial charge in [-0.1, -0.05) is 19.1 Å². The molecule has 2 aliphatic rings. The van der Waals surface area contributed by atoms with Gasteiger partial charge in [-0.25, -0.2) is 0 Å². The molecule has 2 heterocycles.